The molecule has 0 aliphatic rings. The van der Waals surface area contributed by atoms with Crippen LogP contribution in [0.25, 0.3) is 0 Å². The summed E-state index contributed by atoms with van der Waals surface area (Å²) in [5, 5.41) is 3.30. The Bertz CT molecular complexity index is 551. The molecule has 0 spiro atoms. The van der Waals surface area contributed by atoms with Crippen molar-refractivity contribution in [1.82, 2.24) is 9.55 Å². The predicted octanol–water partition coefficient (Wildman–Crippen LogP) is 3.73. The lowest BCUT2D eigenvalue weighted by Gasteiger charge is -2.12. The van der Waals surface area contributed by atoms with Crippen molar-refractivity contribution in [3.05, 3.63) is 34.6 Å². The Morgan fingerprint density at radius 2 is 2.22 bits per heavy atom. The first-order valence-electron chi connectivity index (χ1n) is 5.78. The first-order chi connectivity index (χ1) is 8.63. The van der Waals surface area contributed by atoms with Gasteiger partial charge in [0.15, 0.2) is 0 Å². The molecular formula is C13H16BrN3O. The van der Waals surface area contributed by atoms with Gasteiger partial charge in [0.2, 0.25) is 5.95 Å². The number of benzene rings is 1. The van der Waals surface area contributed by atoms with Gasteiger partial charge in [0.25, 0.3) is 0 Å². The van der Waals surface area contributed by atoms with Gasteiger partial charge in [-0.3, -0.25) is 0 Å². The normalized spacial score (nSPS) is 10.4. The average molecular weight is 310 g/mol. The molecule has 1 aromatic heterocycles. The maximum atomic E-state index is 5.33. The van der Waals surface area contributed by atoms with Gasteiger partial charge in [-0.25, -0.2) is 4.98 Å². The zero-order valence-corrected chi connectivity index (χ0v) is 12.3. The van der Waals surface area contributed by atoms with Gasteiger partial charge in [-0.15, -0.1) is 0 Å². The highest BCUT2D eigenvalue weighted by Gasteiger charge is 2.08. The molecule has 2 rings (SSSR count). The molecule has 1 aromatic carbocycles. The van der Waals surface area contributed by atoms with Gasteiger partial charge in [0, 0.05) is 17.2 Å². The minimum atomic E-state index is 0.793. The number of hydrogen-bond donors (Lipinski definition) is 1. The van der Waals surface area contributed by atoms with Gasteiger partial charge >= 0.3 is 0 Å². The molecule has 1 heterocycles. The number of ether oxygens (including phenoxy) is 1. The summed E-state index contributed by atoms with van der Waals surface area (Å²) in [7, 11) is 1.66. The Hall–Kier alpha value is -1.49. The first-order valence-corrected chi connectivity index (χ1v) is 6.57. The van der Waals surface area contributed by atoms with Crippen LogP contribution in [-0.2, 0) is 6.54 Å². The van der Waals surface area contributed by atoms with Crippen molar-refractivity contribution in [3.63, 3.8) is 0 Å². The molecule has 0 aliphatic carbocycles. The topological polar surface area (TPSA) is 39.1 Å². The number of rotatable bonds is 4. The number of nitrogens with one attached hydrogen (secondary N) is 1. The van der Waals surface area contributed by atoms with Crippen LogP contribution in [0.4, 0.5) is 11.6 Å². The van der Waals surface area contributed by atoms with E-state index < -0.39 is 0 Å². The molecule has 0 amide bonds. The highest BCUT2D eigenvalue weighted by atomic mass is 79.9. The number of nitrogens with zero attached hydrogens (tertiary/aromatic N) is 2. The fourth-order valence-electron chi connectivity index (χ4n) is 1.79. The van der Waals surface area contributed by atoms with Crippen LogP contribution in [0.2, 0.25) is 0 Å². The molecule has 2 aromatic rings. The van der Waals surface area contributed by atoms with Crippen LogP contribution in [0, 0.1) is 6.92 Å². The van der Waals surface area contributed by atoms with Crippen LogP contribution in [0.3, 0.4) is 0 Å². The Balaban J connectivity index is 2.35. The largest absolute Gasteiger partial charge is 0.495 e. The SMILES string of the molecule is CCn1cc(C)nc1Nc1cc(Br)ccc1OC. The fraction of sp³-hybridized carbons (Fsp3) is 0.308. The van der Waals surface area contributed by atoms with Crippen LogP contribution in [0.1, 0.15) is 12.6 Å². The monoisotopic (exact) mass is 309 g/mol. The lowest BCUT2D eigenvalue weighted by molar-refractivity contribution is 0.416. The molecule has 0 fully saturated rings. The standard InChI is InChI=1S/C13H16BrN3O/c1-4-17-8-9(2)15-13(17)16-11-7-10(14)5-6-12(11)18-3/h5-8H,4H2,1-3H3,(H,15,16). The number of aryl methyl sites for hydroxylation is 2. The van der Waals surface area contributed by atoms with E-state index in [-0.39, 0.29) is 0 Å². The van der Waals surface area contributed by atoms with Crippen molar-refractivity contribution in [2.24, 2.45) is 0 Å². The quantitative estimate of drug-likeness (QED) is 0.935. The van der Waals surface area contributed by atoms with Gasteiger partial charge in [0.05, 0.1) is 18.5 Å². The second-order valence-corrected chi connectivity index (χ2v) is 4.88. The minimum absolute atomic E-state index is 0.793. The molecule has 0 aliphatic heterocycles. The van der Waals surface area contributed by atoms with Crippen molar-refractivity contribution in [1.29, 1.82) is 0 Å². The maximum Gasteiger partial charge on any atom is 0.207 e. The van der Waals surface area contributed by atoms with Crippen molar-refractivity contribution >= 4 is 27.6 Å². The van der Waals surface area contributed by atoms with Crippen LogP contribution >= 0.6 is 15.9 Å². The molecule has 96 valence electrons. The number of hydrogen-bond acceptors (Lipinski definition) is 3. The van der Waals surface area contributed by atoms with Gasteiger partial charge in [0.1, 0.15) is 5.75 Å². The molecule has 0 atom stereocenters. The number of halogens is 1. The number of imidazole rings is 1. The fourth-order valence-corrected chi connectivity index (χ4v) is 2.15. The van der Waals surface area contributed by atoms with Crippen molar-refractivity contribution in [3.8, 4) is 5.75 Å². The van der Waals surface area contributed by atoms with E-state index in [4.69, 9.17) is 4.74 Å². The van der Waals surface area contributed by atoms with E-state index in [9.17, 15) is 0 Å². The Kier molecular flexibility index (Phi) is 3.91. The van der Waals surface area contributed by atoms with Gasteiger partial charge < -0.3 is 14.6 Å². The van der Waals surface area contributed by atoms with Crippen LogP contribution in [0.5, 0.6) is 5.75 Å². The summed E-state index contributed by atoms with van der Waals surface area (Å²) < 4.78 is 8.39. The first kappa shape index (κ1) is 13.0. The molecule has 0 saturated heterocycles. The second kappa shape index (κ2) is 5.44. The lowest BCUT2D eigenvalue weighted by atomic mass is 10.3. The smallest absolute Gasteiger partial charge is 0.207 e. The van der Waals surface area contributed by atoms with Gasteiger partial charge in [-0.1, -0.05) is 15.9 Å². The maximum absolute atomic E-state index is 5.33. The number of aromatic nitrogens is 2. The molecule has 1 N–H and O–H groups in total. The molecule has 0 bridgehead atoms. The van der Waals surface area contributed by atoms with E-state index in [1.54, 1.807) is 7.11 Å². The van der Waals surface area contributed by atoms with E-state index in [0.29, 0.717) is 0 Å². The van der Waals surface area contributed by atoms with Crippen molar-refractivity contribution < 1.29 is 4.74 Å². The second-order valence-electron chi connectivity index (χ2n) is 3.96. The van der Waals surface area contributed by atoms with Gasteiger partial charge in [-0.2, -0.15) is 0 Å². The summed E-state index contributed by atoms with van der Waals surface area (Å²) in [6.45, 7) is 4.94. The van der Waals surface area contributed by atoms with E-state index in [0.717, 1.165) is 34.1 Å². The van der Waals surface area contributed by atoms with Crippen LogP contribution < -0.4 is 10.1 Å². The van der Waals surface area contributed by atoms with E-state index in [1.165, 1.54) is 0 Å². The van der Waals surface area contributed by atoms with Crippen LogP contribution in [-0.4, -0.2) is 16.7 Å². The third-order valence-electron chi connectivity index (χ3n) is 2.65. The highest BCUT2D eigenvalue weighted by Crippen LogP contribution is 2.30. The summed E-state index contributed by atoms with van der Waals surface area (Å²) >= 11 is 3.46. The minimum Gasteiger partial charge on any atom is -0.495 e. The molecule has 0 saturated carbocycles. The number of anilines is 2. The van der Waals surface area contributed by atoms with E-state index in [2.05, 4.69) is 37.7 Å². The molecule has 4 nitrogen and oxygen atoms in total. The van der Waals surface area contributed by atoms with E-state index in [1.807, 2.05) is 31.3 Å². The summed E-state index contributed by atoms with van der Waals surface area (Å²) in [5.74, 6) is 1.62. The molecule has 0 radical (unpaired) electrons. The molecular weight excluding hydrogens is 294 g/mol. The Morgan fingerprint density at radius 3 is 2.89 bits per heavy atom. The lowest BCUT2D eigenvalue weighted by Crippen LogP contribution is -2.02. The van der Waals surface area contributed by atoms with Gasteiger partial charge in [-0.05, 0) is 32.0 Å². The third kappa shape index (κ3) is 2.67. The van der Waals surface area contributed by atoms with Crippen molar-refractivity contribution in [2.45, 2.75) is 20.4 Å². The zero-order chi connectivity index (χ0) is 13.1. The third-order valence-corrected chi connectivity index (χ3v) is 3.14. The molecule has 5 heteroatoms. The summed E-state index contributed by atoms with van der Waals surface area (Å²) in [6, 6.07) is 5.84. The summed E-state index contributed by atoms with van der Waals surface area (Å²) in [6.07, 6.45) is 2.02. The summed E-state index contributed by atoms with van der Waals surface area (Å²) in [4.78, 5) is 4.46. The average Bonchev–Trinajstić information content (AvgIpc) is 2.70. The van der Waals surface area contributed by atoms with E-state index >= 15 is 0 Å². The predicted molar refractivity (Wildman–Crippen MR) is 76.6 cm³/mol. The Morgan fingerprint density at radius 1 is 1.44 bits per heavy atom. The highest BCUT2D eigenvalue weighted by molar-refractivity contribution is 9.10. The van der Waals surface area contributed by atoms with Crippen LogP contribution in [0.15, 0.2) is 28.9 Å². The number of methoxy groups -OCH3 is 1. The summed E-state index contributed by atoms with van der Waals surface area (Å²) in [5.41, 5.74) is 1.89. The van der Waals surface area contributed by atoms with Crippen molar-refractivity contribution in [2.75, 3.05) is 12.4 Å². The molecule has 18 heavy (non-hydrogen) atoms. The zero-order valence-electron chi connectivity index (χ0n) is 10.7. The molecule has 0 unspecified atom stereocenters. The Labute approximate surface area is 115 Å².